The average Bonchev–Trinajstić information content (AvgIpc) is 3.53. The third kappa shape index (κ3) is 7.51. The number of hydrogen-bond acceptors (Lipinski definition) is 4. The van der Waals surface area contributed by atoms with Crippen LogP contribution in [0.25, 0.3) is 0 Å². The molecule has 0 radical (unpaired) electrons. The molecule has 0 fully saturated rings. The van der Waals surface area contributed by atoms with Crippen LogP contribution < -0.4 is 0 Å². The Kier molecular flexibility index (Phi) is 11.5. The van der Waals surface area contributed by atoms with Crippen LogP contribution in [0.4, 0.5) is 0 Å². The molecular formula is C18H16S4Se8. The van der Waals surface area contributed by atoms with Crippen molar-refractivity contribution in [3.05, 3.63) is 48.6 Å². The summed E-state index contributed by atoms with van der Waals surface area (Å²) in [6.45, 7) is 0. The first-order valence-electron chi connectivity index (χ1n) is 9.02. The molecular weight excluding hydrogens is 976 g/mol. The summed E-state index contributed by atoms with van der Waals surface area (Å²) in [6, 6.07) is 0. The van der Waals surface area contributed by atoms with Crippen LogP contribution in [0.1, 0.15) is 12.8 Å². The standard InChI is InChI=1S/C18H16S4Se8/c1-3-19-11-7-23-15(27-11)17-25-9-13(29-17)21-5-2-6-22-14-10-26-18(30-14)16-24-8-12(28-16)20-4-1/h7-10H,1-6H2/b17-15-,18-16?. The van der Waals surface area contributed by atoms with Crippen molar-refractivity contribution < 1.29 is 0 Å². The zero-order valence-electron chi connectivity index (χ0n) is 15.5. The van der Waals surface area contributed by atoms with E-state index in [4.69, 9.17) is 0 Å². The predicted molar refractivity (Wildman–Crippen MR) is 151 cm³/mol. The molecule has 0 aromatic rings. The molecule has 30 heavy (non-hydrogen) atoms. The maximum atomic E-state index is 2.63. The van der Waals surface area contributed by atoms with Crippen molar-refractivity contribution in [2.75, 3.05) is 23.0 Å². The van der Waals surface area contributed by atoms with Crippen molar-refractivity contribution in [2.24, 2.45) is 0 Å². The quantitative estimate of drug-likeness (QED) is 0.343. The van der Waals surface area contributed by atoms with Gasteiger partial charge in [-0.3, -0.25) is 0 Å². The normalized spacial score (nSPS) is 28.5. The molecule has 8 bridgehead atoms. The van der Waals surface area contributed by atoms with E-state index in [2.05, 4.69) is 66.9 Å². The second-order valence-corrected chi connectivity index (χ2v) is 34.2. The molecule has 0 aromatic carbocycles. The summed E-state index contributed by atoms with van der Waals surface area (Å²) in [5.41, 5.74) is 0. The van der Waals surface area contributed by atoms with Gasteiger partial charge in [0.2, 0.25) is 0 Å². The van der Waals surface area contributed by atoms with Gasteiger partial charge in [0.15, 0.2) is 0 Å². The van der Waals surface area contributed by atoms with Crippen molar-refractivity contribution in [3.63, 3.8) is 0 Å². The Bertz CT molecular complexity index is 749. The number of rotatable bonds is 0. The molecule has 0 atom stereocenters. The Labute approximate surface area is 247 Å². The van der Waals surface area contributed by atoms with Crippen LogP contribution in [-0.4, -0.2) is 143 Å². The number of thioether (sulfide) groups is 4. The van der Waals surface area contributed by atoms with Gasteiger partial charge in [-0.25, -0.2) is 0 Å². The van der Waals surface area contributed by atoms with Gasteiger partial charge in [0.25, 0.3) is 0 Å². The van der Waals surface area contributed by atoms with E-state index in [1.807, 2.05) is 13.5 Å². The van der Waals surface area contributed by atoms with E-state index < -0.39 is 0 Å². The summed E-state index contributed by atoms with van der Waals surface area (Å²) < 4.78 is 14.7. The Morgan fingerprint density at radius 3 is 0.967 bits per heavy atom. The van der Waals surface area contributed by atoms with Crippen LogP contribution in [0.15, 0.2) is 48.6 Å². The molecule has 0 nitrogen and oxygen atoms in total. The zero-order chi connectivity index (χ0) is 20.2. The summed E-state index contributed by atoms with van der Waals surface area (Å²) in [4.78, 5) is 10.5. The van der Waals surface area contributed by atoms with Crippen molar-refractivity contribution in [1.82, 2.24) is 0 Å². The Balaban J connectivity index is 1.19. The summed E-state index contributed by atoms with van der Waals surface area (Å²) in [5, 5.41) is 0. The SMILES string of the molecule is C1=C2SCCCSC3=C[Se]/C(=C4\[Se]C=C(SCCCSC5=C[Se]C(=C([Se]1)[Se]2)[Se]5)[Se]4)[Se]3. The van der Waals surface area contributed by atoms with Gasteiger partial charge in [0.1, 0.15) is 0 Å². The van der Waals surface area contributed by atoms with Crippen LogP contribution in [0.5, 0.6) is 0 Å². The Morgan fingerprint density at radius 1 is 0.433 bits per heavy atom. The van der Waals surface area contributed by atoms with Gasteiger partial charge in [0.05, 0.1) is 0 Å². The van der Waals surface area contributed by atoms with Gasteiger partial charge >= 0.3 is 251 Å². The summed E-state index contributed by atoms with van der Waals surface area (Å²) in [5.74, 6) is 5.35. The molecule has 160 valence electrons. The van der Waals surface area contributed by atoms with Crippen LogP contribution in [0.2, 0.25) is 0 Å². The van der Waals surface area contributed by atoms with Gasteiger partial charge < -0.3 is 0 Å². The van der Waals surface area contributed by atoms with E-state index in [0.29, 0.717) is 120 Å². The summed E-state index contributed by atoms with van der Waals surface area (Å²) in [6.07, 6.45) is 2.75. The molecule has 0 aromatic heterocycles. The summed E-state index contributed by atoms with van der Waals surface area (Å²) in [7, 11) is 0. The number of hydrogen-bond donors (Lipinski definition) is 0. The van der Waals surface area contributed by atoms with Crippen LogP contribution in [0.3, 0.4) is 0 Å². The van der Waals surface area contributed by atoms with E-state index in [-0.39, 0.29) is 0 Å². The molecule has 5 rings (SSSR count). The molecule has 0 saturated carbocycles. The first kappa shape index (κ1) is 25.6. The molecule has 12 heteroatoms. The van der Waals surface area contributed by atoms with Crippen molar-refractivity contribution >= 4 is 167 Å². The fourth-order valence-electron chi connectivity index (χ4n) is 2.39. The van der Waals surface area contributed by atoms with Gasteiger partial charge in [0, 0.05) is 0 Å². The number of fused-ring (bicyclic) bond motifs is 8. The molecule has 0 aliphatic carbocycles. The van der Waals surface area contributed by atoms with Crippen molar-refractivity contribution in [3.8, 4) is 0 Å². The van der Waals surface area contributed by atoms with Crippen LogP contribution in [0, 0.1) is 0 Å². The molecule has 0 spiro atoms. The molecule has 5 aliphatic rings. The molecule has 5 aliphatic heterocycles. The third-order valence-electron chi connectivity index (χ3n) is 3.71. The van der Waals surface area contributed by atoms with E-state index in [1.54, 1.807) is 15.2 Å². The minimum absolute atomic E-state index is 0.690. The second-order valence-electron chi connectivity index (χ2n) is 5.88. The molecule has 5 heterocycles. The monoisotopic (exact) mass is 999 g/mol. The fraction of sp³-hybridized carbons (Fsp3) is 0.333. The van der Waals surface area contributed by atoms with Gasteiger partial charge in [-0.15, -0.1) is 0 Å². The van der Waals surface area contributed by atoms with E-state index >= 15 is 0 Å². The Morgan fingerprint density at radius 2 is 0.700 bits per heavy atom. The van der Waals surface area contributed by atoms with Gasteiger partial charge in [-0.05, 0) is 0 Å². The van der Waals surface area contributed by atoms with Gasteiger partial charge in [-0.1, -0.05) is 0 Å². The first-order chi connectivity index (χ1) is 14.8. The van der Waals surface area contributed by atoms with Gasteiger partial charge in [-0.2, -0.15) is 0 Å². The van der Waals surface area contributed by atoms with Crippen molar-refractivity contribution in [1.29, 1.82) is 0 Å². The van der Waals surface area contributed by atoms with E-state index in [0.717, 1.165) is 0 Å². The molecule has 0 amide bonds. The zero-order valence-corrected chi connectivity index (χ0v) is 32.4. The predicted octanol–water partition coefficient (Wildman–Crippen LogP) is 2.85. The second kappa shape index (κ2) is 13.5. The fourth-order valence-corrected chi connectivity index (χ4v) is 41.4. The average molecular weight is 992 g/mol. The molecule has 0 unspecified atom stereocenters. The van der Waals surface area contributed by atoms with Crippen molar-refractivity contribution in [2.45, 2.75) is 12.8 Å². The van der Waals surface area contributed by atoms with E-state index in [9.17, 15) is 0 Å². The van der Waals surface area contributed by atoms with E-state index in [1.165, 1.54) is 35.9 Å². The minimum atomic E-state index is 0.690. The topological polar surface area (TPSA) is 0 Å². The summed E-state index contributed by atoms with van der Waals surface area (Å²) >= 11 is 14.3. The first-order valence-corrected chi connectivity index (χ1v) is 27.2. The third-order valence-corrected chi connectivity index (χ3v) is 41.9. The van der Waals surface area contributed by atoms with Crippen LogP contribution in [-0.2, 0) is 0 Å². The maximum absolute atomic E-state index is 2.63. The molecule has 0 saturated heterocycles. The Hall–Kier alpha value is 4.00. The van der Waals surface area contributed by atoms with Crippen LogP contribution >= 0.6 is 47.0 Å². The molecule has 0 N–H and O–H groups in total.